The third kappa shape index (κ3) is 3.58. The monoisotopic (exact) mass is 273 g/mol. The van der Waals surface area contributed by atoms with Crippen molar-refractivity contribution in [1.29, 1.82) is 0 Å². The molecule has 0 unspecified atom stereocenters. The van der Waals surface area contributed by atoms with Gasteiger partial charge in [-0.25, -0.2) is 4.98 Å². The molecule has 0 N–H and O–H groups in total. The molecule has 0 aliphatic carbocycles. The average Bonchev–Trinajstić information content (AvgIpc) is 2.48. The number of aromatic nitrogens is 1. The number of pyridine rings is 1. The summed E-state index contributed by atoms with van der Waals surface area (Å²) >= 11 is 1.69. The highest BCUT2D eigenvalue weighted by molar-refractivity contribution is 7.98. The van der Waals surface area contributed by atoms with E-state index in [-0.39, 0.29) is 5.78 Å². The molecule has 4 heteroatoms. The molecule has 1 heterocycles. The maximum atomic E-state index is 11.4. The van der Waals surface area contributed by atoms with Gasteiger partial charge >= 0.3 is 0 Å². The number of carbonyl (C=O) groups is 1. The van der Waals surface area contributed by atoms with Crippen molar-refractivity contribution >= 4 is 17.5 Å². The summed E-state index contributed by atoms with van der Waals surface area (Å²) in [6.07, 6.45) is 4.07. The molecule has 0 spiro atoms. The van der Waals surface area contributed by atoms with Gasteiger partial charge < -0.3 is 4.74 Å². The van der Waals surface area contributed by atoms with E-state index >= 15 is 0 Å². The zero-order valence-corrected chi connectivity index (χ0v) is 11.7. The van der Waals surface area contributed by atoms with Crippen molar-refractivity contribution in [3.63, 3.8) is 0 Å². The Morgan fingerprint density at radius 1 is 1.16 bits per heavy atom. The molecule has 3 nitrogen and oxygen atoms in total. The van der Waals surface area contributed by atoms with Crippen LogP contribution in [0.5, 0.6) is 11.5 Å². The molecule has 0 bridgehead atoms. The predicted molar refractivity (Wildman–Crippen MR) is 77.2 cm³/mol. The Labute approximate surface area is 117 Å². The third-order valence-electron chi connectivity index (χ3n) is 2.64. The molecule has 0 saturated carbocycles. The first-order valence-electron chi connectivity index (χ1n) is 6.04. The van der Waals surface area contributed by atoms with Gasteiger partial charge in [-0.15, -0.1) is 11.8 Å². The lowest BCUT2D eigenvalue weighted by Gasteiger charge is -2.06. The number of carbonyl (C=O) groups excluding carboxylic acids is 1. The minimum Gasteiger partial charge on any atom is -0.456 e. The normalized spacial score (nSPS) is 10.2. The largest absolute Gasteiger partial charge is 0.456 e. The Hall–Kier alpha value is -1.81. The SMILES string of the molecule is CCC(=O)c1ccc(Oc2ccc(SC)cc2)cn1. The summed E-state index contributed by atoms with van der Waals surface area (Å²) in [4.78, 5) is 16.7. The van der Waals surface area contributed by atoms with Crippen LogP contribution in [-0.4, -0.2) is 17.0 Å². The maximum absolute atomic E-state index is 11.4. The first-order valence-corrected chi connectivity index (χ1v) is 7.26. The van der Waals surface area contributed by atoms with Crippen molar-refractivity contribution in [2.75, 3.05) is 6.26 Å². The minimum absolute atomic E-state index is 0.0378. The molecule has 2 rings (SSSR count). The number of hydrogen-bond donors (Lipinski definition) is 0. The lowest BCUT2D eigenvalue weighted by atomic mass is 10.2. The summed E-state index contributed by atoms with van der Waals surface area (Å²) in [6, 6.07) is 11.3. The van der Waals surface area contributed by atoms with Gasteiger partial charge in [0, 0.05) is 11.3 Å². The molecule has 0 saturated heterocycles. The highest BCUT2D eigenvalue weighted by Crippen LogP contribution is 2.23. The number of ether oxygens (including phenoxy) is 1. The second kappa shape index (κ2) is 6.38. The molecule has 1 aromatic heterocycles. The topological polar surface area (TPSA) is 39.2 Å². The zero-order chi connectivity index (χ0) is 13.7. The van der Waals surface area contributed by atoms with E-state index in [9.17, 15) is 4.79 Å². The smallest absolute Gasteiger partial charge is 0.180 e. The summed E-state index contributed by atoms with van der Waals surface area (Å²) in [6.45, 7) is 1.82. The second-order valence-corrected chi connectivity index (χ2v) is 4.81. The fourth-order valence-corrected chi connectivity index (χ4v) is 1.97. The Bertz CT molecular complexity index is 549. The quantitative estimate of drug-likeness (QED) is 0.605. The van der Waals surface area contributed by atoms with Crippen LogP contribution in [0, 0.1) is 0 Å². The molecule has 2 aromatic rings. The number of rotatable bonds is 5. The van der Waals surface area contributed by atoms with Crippen LogP contribution in [0.1, 0.15) is 23.8 Å². The fourth-order valence-electron chi connectivity index (χ4n) is 1.57. The first kappa shape index (κ1) is 13.6. The minimum atomic E-state index is 0.0378. The number of hydrogen-bond acceptors (Lipinski definition) is 4. The van der Waals surface area contributed by atoms with E-state index in [0.29, 0.717) is 17.9 Å². The van der Waals surface area contributed by atoms with Gasteiger partial charge in [0.15, 0.2) is 5.78 Å². The van der Waals surface area contributed by atoms with E-state index in [1.54, 1.807) is 30.1 Å². The second-order valence-electron chi connectivity index (χ2n) is 3.93. The maximum Gasteiger partial charge on any atom is 0.180 e. The number of benzene rings is 1. The summed E-state index contributed by atoms with van der Waals surface area (Å²) in [5.41, 5.74) is 0.479. The lowest BCUT2D eigenvalue weighted by molar-refractivity contribution is 0.0983. The van der Waals surface area contributed by atoms with Crippen LogP contribution in [0.15, 0.2) is 47.5 Å². The van der Waals surface area contributed by atoms with Crippen LogP contribution in [0.2, 0.25) is 0 Å². The van der Waals surface area contributed by atoms with E-state index in [4.69, 9.17) is 4.74 Å². The van der Waals surface area contributed by atoms with Gasteiger partial charge in [0.05, 0.1) is 6.20 Å². The van der Waals surface area contributed by atoms with Crippen LogP contribution >= 0.6 is 11.8 Å². The molecule has 0 aliphatic heterocycles. The molecule has 98 valence electrons. The highest BCUT2D eigenvalue weighted by Gasteiger charge is 2.05. The number of Topliss-reactive ketones (excluding diaryl/α,β-unsaturated/α-hetero) is 1. The van der Waals surface area contributed by atoms with Gasteiger partial charge in [0.2, 0.25) is 0 Å². The van der Waals surface area contributed by atoms with E-state index in [2.05, 4.69) is 4.98 Å². The summed E-state index contributed by atoms with van der Waals surface area (Å²) in [7, 11) is 0. The van der Waals surface area contributed by atoms with Crippen molar-refractivity contribution in [2.24, 2.45) is 0 Å². The third-order valence-corrected chi connectivity index (χ3v) is 3.38. The van der Waals surface area contributed by atoms with Gasteiger partial charge in [-0.1, -0.05) is 6.92 Å². The molecule has 0 aliphatic rings. The van der Waals surface area contributed by atoms with Crippen molar-refractivity contribution in [2.45, 2.75) is 18.2 Å². The van der Waals surface area contributed by atoms with Crippen LogP contribution in [-0.2, 0) is 0 Å². The van der Waals surface area contributed by atoms with E-state index in [1.807, 2.05) is 37.4 Å². The van der Waals surface area contributed by atoms with Crippen LogP contribution in [0.3, 0.4) is 0 Å². The molecule has 0 radical (unpaired) electrons. The highest BCUT2D eigenvalue weighted by atomic mass is 32.2. The van der Waals surface area contributed by atoms with Crippen LogP contribution in [0.25, 0.3) is 0 Å². The molecule has 1 aromatic carbocycles. The van der Waals surface area contributed by atoms with Crippen molar-refractivity contribution in [3.05, 3.63) is 48.3 Å². The van der Waals surface area contributed by atoms with E-state index in [0.717, 1.165) is 5.75 Å². The van der Waals surface area contributed by atoms with Crippen molar-refractivity contribution in [1.82, 2.24) is 4.98 Å². The van der Waals surface area contributed by atoms with E-state index in [1.165, 1.54) is 4.90 Å². The molecule has 0 fully saturated rings. The summed E-state index contributed by atoms with van der Waals surface area (Å²) in [5, 5.41) is 0. The van der Waals surface area contributed by atoms with Gasteiger partial charge in [-0.05, 0) is 42.7 Å². The van der Waals surface area contributed by atoms with Gasteiger partial charge in [-0.3, -0.25) is 4.79 Å². The predicted octanol–water partition coefficient (Wildman–Crippen LogP) is 4.19. The average molecular weight is 273 g/mol. The molecule has 19 heavy (non-hydrogen) atoms. The molecule has 0 atom stereocenters. The molecule has 0 amide bonds. The Kier molecular flexibility index (Phi) is 4.58. The lowest BCUT2D eigenvalue weighted by Crippen LogP contribution is -1.99. The van der Waals surface area contributed by atoms with Gasteiger partial charge in [-0.2, -0.15) is 0 Å². The van der Waals surface area contributed by atoms with Crippen LogP contribution in [0.4, 0.5) is 0 Å². The molecular formula is C15H15NO2S. The standard InChI is InChI=1S/C15H15NO2S/c1-3-15(17)14-9-6-12(10-16-14)18-11-4-7-13(19-2)8-5-11/h4-10H,3H2,1-2H3. The molecular weight excluding hydrogens is 258 g/mol. The number of nitrogens with zero attached hydrogens (tertiary/aromatic N) is 1. The number of thioether (sulfide) groups is 1. The Morgan fingerprint density at radius 3 is 2.37 bits per heavy atom. The van der Waals surface area contributed by atoms with Gasteiger partial charge in [0.1, 0.15) is 17.2 Å². The van der Waals surface area contributed by atoms with Crippen LogP contribution < -0.4 is 4.74 Å². The van der Waals surface area contributed by atoms with Crippen molar-refractivity contribution in [3.8, 4) is 11.5 Å². The van der Waals surface area contributed by atoms with Crippen molar-refractivity contribution < 1.29 is 9.53 Å². The fraction of sp³-hybridized carbons (Fsp3) is 0.200. The first-order chi connectivity index (χ1) is 9.22. The zero-order valence-electron chi connectivity index (χ0n) is 10.9. The number of ketones is 1. The summed E-state index contributed by atoms with van der Waals surface area (Å²) < 4.78 is 5.66. The summed E-state index contributed by atoms with van der Waals surface area (Å²) in [5.74, 6) is 1.43. The van der Waals surface area contributed by atoms with E-state index < -0.39 is 0 Å². The van der Waals surface area contributed by atoms with Gasteiger partial charge in [0.25, 0.3) is 0 Å². The Morgan fingerprint density at radius 2 is 1.84 bits per heavy atom. The Balaban J connectivity index is 2.08.